The van der Waals surface area contributed by atoms with Gasteiger partial charge >= 0.3 is 12.1 Å². The quantitative estimate of drug-likeness (QED) is 0.841. The average Bonchev–Trinajstić information content (AvgIpc) is 3.13. The lowest BCUT2D eigenvalue weighted by molar-refractivity contribution is -0.144. The number of nitrogens with one attached hydrogen (secondary N) is 2. The Morgan fingerprint density at radius 1 is 1.41 bits per heavy atom. The van der Waals surface area contributed by atoms with Gasteiger partial charge in [-0.3, -0.25) is 5.32 Å². The predicted octanol–water partition coefficient (Wildman–Crippen LogP) is 2.34. The normalized spacial score (nSPS) is 24.7. The maximum absolute atomic E-state index is 12.7. The molecule has 0 aromatic heterocycles. The Morgan fingerprint density at radius 3 is 2.96 bits per heavy atom. The van der Waals surface area contributed by atoms with Gasteiger partial charge in [0.15, 0.2) is 0 Å². The summed E-state index contributed by atoms with van der Waals surface area (Å²) in [7, 11) is 1.31. The molecule has 2 N–H and O–H groups in total. The predicted molar refractivity (Wildman–Crippen MR) is 99.6 cm³/mol. The molecule has 2 aliphatic heterocycles. The van der Waals surface area contributed by atoms with Gasteiger partial charge in [0, 0.05) is 31.8 Å². The number of morpholine rings is 1. The van der Waals surface area contributed by atoms with E-state index >= 15 is 0 Å². The van der Waals surface area contributed by atoms with Crippen molar-refractivity contribution in [2.24, 2.45) is 0 Å². The first-order valence-electron chi connectivity index (χ1n) is 9.26. The van der Waals surface area contributed by atoms with E-state index in [4.69, 9.17) is 9.47 Å². The number of hydrogen-bond acceptors (Lipinski definition) is 5. The van der Waals surface area contributed by atoms with Crippen molar-refractivity contribution in [3.05, 3.63) is 29.8 Å². The summed E-state index contributed by atoms with van der Waals surface area (Å²) in [4.78, 5) is 25.8. The molecule has 3 amide bonds. The number of methoxy groups -OCH3 is 1. The van der Waals surface area contributed by atoms with Crippen LogP contribution in [0.15, 0.2) is 24.3 Å². The average molecular weight is 377 g/mol. The number of carbonyl (C=O) groups is 2. The minimum atomic E-state index is -0.529. The monoisotopic (exact) mass is 377 g/mol. The van der Waals surface area contributed by atoms with E-state index in [9.17, 15) is 9.59 Å². The van der Waals surface area contributed by atoms with E-state index in [0.717, 1.165) is 18.4 Å². The fourth-order valence-corrected chi connectivity index (χ4v) is 3.48. The Kier molecular flexibility index (Phi) is 6.18. The Morgan fingerprint density at radius 2 is 2.26 bits per heavy atom. The fraction of sp³-hybridized carbons (Fsp3) is 0.579. The smallest absolute Gasteiger partial charge is 0.411 e. The lowest BCUT2D eigenvalue weighted by atomic mass is 9.99. The summed E-state index contributed by atoms with van der Waals surface area (Å²) >= 11 is 0. The van der Waals surface area contributed by atoms with E-state index in [1.807, 2.05) is 17.0 Å². The first kappa shape index (κ1) is 19.4. The SMILES string of the molecule is CCC1CN(C(=O)NCc2cccc(NC(=O)OC)c2)CC2(CCOC2)O1. The summed E-state index contributed by atoms with van der Waals surface area (Å²) in [6, 6.07) is 7.16. The molecule has 0 aliphatic carbocycles. The van der Waals surface area contributed by atoms with Crippen LogP contribution in [0.3, 0.4) is 0 Å². The summed E-state index contributed by atoms with van der Waals surface area (Å²) in [5.74, 6) is 0. The van der Waals surface area contributed by atoms with Crippen molar-refractivity contribution in [2.75, 3.05) is 38.7 Å². The molecular formula is C19H27N3O5. The number of amides is 3. The van der Waals surface area contributed by atoms with E-state index in [1.54, 1.807) is 12.1 Å². The highest BCUT2D eigenvalue weighted by atomic mass is 16.6. The number of anilines is 1. The molecule has 2 aliphatic rings. The van der Waals surface area contributed by atoms with Gasteiger partial charge in [-0.1, -0.05) is 19.1 Å². The zero-order chi connectivity index (χ0) is 19.3. The van der Waals surface area contributed by atoms with Crippen LogP contribution in [0.5, 0.6) is 0 Å². The fourth-order valence-electron chi connectivity index (χ4n) is 3.48. The largest absolute Gasteiger partial charge is 0.453 e. The molecule has 1 spiro atoms. The highest BCUT2D eigenvalue weighted by molar-refractivity contribution is 5.84. The van der Waals surface area contributed by atoms with Gasteiger partial charge < -0.3 is 24.4 Å². The van der Waals surface area contributed by atoms with Crippen LogP contribution in [0.4, 0.5) is 15.3 Å². The number of benzene rings is 1. The van der Waals surface area contributed by atoms with Crippen molar-refractivity contribution < 1.29 is 23.8 Å². The van der Waals surface area contributed by atoms with Crippen molar-refractivity contribution in [2.45, 2.75) is 38.0 Å². The van der Waals surface area contributed by atoms with Gasteiger partial charge in [0.25, 0.3) is 0 Å². The van der Waals surface area contributed by atoms with Crippen LogP contribution >= 0.6 is 0 Å². The molecule has 3 rings (SSSR count). The highest BCUT2D eigenvalue weighted by Gasteiger charge is 2.44. The van der Waals surface area contributed by atoms with Gasteiger partial charge in [0.05, 0.1) is 26.4 Å². The van der Waals surface area contributed by atoms with Crippen LogP contribution in [0, 0.1) is 0 Å². The van der Waals surface area contributed by atoms with E-state index in [2.05, 4.69) is 22.3 Å². The number of urea groups is 1. The molecule has 148 valence electrons. The lowest BCUT2D eigenvalue weighted by Crippen LogP contribution is -2.59. The third-order valence-electron chi connectivity index (χ3n) is 4.93. The van der Waals surface area contributed by atoms with Crippen molar-refractivity contribution >= 4 is 17.8 Å². The number of carbonyl (C=O) groups excluding carboxylic acids is 2. The number of nitrogens with zero attached hydrogens (tertiary/aromatic N) is 1. The summed E-state index contributed by atoms with van der Waals surface area (Å²) in [5.41, 5.74) is 1.13. The van der Waals surface area contributed by atoms with Gasteiger partial charge in [-0.15, -0.1) is 0 Å². The molecule has 2 saturated heterocycles. The molecule has 2 fully saturated rings. The van der Waals surface area contributed by atoms with Crippen molar-refractivity contribution in [3.63, 3.8) is 0 Å². The Hall–Kier alpha value is -2.32. The van der Waals surface area contributed by atoms with Gasteiger partial charge in [0.1, 0.15) is 5.60 Å². The Labute approximate surface area is 159 Å². The zero-order valence-electron chi connectivity index (χ0n) is 15.8. The van der Waals surface area contributed by atoms with Crippen LogP contribution in [0.1, 0.15) is 25.3 Å². The van der Waals surface area contributed by atoms with Gasteiger partial charge in [-0.2, -0.15) is 0 Å². The minimum absolute atomic E-state index is 0.0267. The molecule has 0 bridgehead atoms. The topological polar surface area (TPSA) is 89.1 Å². The highest BCUT2D eigenvalue weighted by Crippen LogP contribution is 2.31. The van der Waals surface area contributed by atoms with Crippen molar-refractivity contribution in [1.29, 1.82) is 0 Å². The molecule has 0 saturated carbocycles. The molecule has 2 atom stereocenters. The van der Waals surface area contributed by atoms with Crippen LogP contribution in [-0.2, 0) is 20.8 Å². The van der Waals surface area contributed by atoms with E-state index in [-0.39, 0.29) is 17.7 Å². The summed E-state index contributed by atoms with van der Waals surface area (Å²) in [6.45, 7) is 4.76. The van der Waals surface area contributed by atoms with Gasteiger partial charge in [-0.25, -0.2) is 9.59 Å². The standard InChI is InChI=1S/C19H27N3O5/c1-3-16-11-22(12-19(27-16)7-8-26-13-19)17(23)20-10-14-5-4-6-15(9-14)21-18(24)25-2/h4-6,9,16H,3,7-8,10-13H2,1-2H3,(H,20,23)(H,21,24). The van der Waals surface area contributed by atoms with Crippen LogP contribution in [0.2, 0.25) is 0 Å². The Bertz CT molecular complexity index is 675. The van der Waals surface area contributed by atoms with Crippen molar-refractivity contribution in [1.82, 2.24) is 10.2 Å². The summed E-state index contributed by atoms with van der Waals surface area (Å²) in [6.07, 6.45) is 1.17. The number of ether oxygens (including phenoxy) is 3. The van der Waals surface area contributed by atoms with Gasteiger partial charge in [0.2, 0.25) is 0 Å². The maximum Gasteiger partial charge on any atom is 0.411 e. The number of rotatable bonds is 4. The Balaban J connectivity index is 1.58. The lowest BCUT2D eigenvalue weighted by Gasteiger charge is -2.43. The van der Waals surface area contributed by atoms with E-state index < -0.39 is 6.09 Å². The molecule has 8 heteroatoms. The summed E-state index contributed by atoms with van der Waals surface area (Å²) < 4.78 is 16.3. The van der Waals surface area contributed by atoms with Crippen LogP contribution in [0.25, 0.3) is 0 Å². The number of hydrogen-bond donors (Lipinski definition) is 2. The summed E-state index contributed by atoms with van der Waals surface area (Å²) in [5, 5.41) is 5.58. The second-order valence-corrected chi connectivity index (χ2v) is 6.99. The van der Waals surface area contributed by atoms with E-state index in [1.165, 1.54) is 7.11 Å². The first-order chi connectivity index (χ1) is 13.0. The molecule has 2 unspecified atom stereocenters. The molecule has 2 heterocycles. The third-order valence-corrected chi connectivity index (χ3v) is 4.93. The molecule has 0 radical (unpaired) electrons. The molecular weight excluding hydrogens is 350 g/mol. The molecule has 1 aromatic carbocycles. The molecule has 8 nitrogen and oxygen atoms in total. The third kappa shape index (κ3) is 4.90. The molecule has 27 heavy (non-hydrogen) atoms. The second kappa shape index (κ2) is 8.58. The second-order valence-electron chi connectivity index (χ2n) is 6.99. The van der Waals surface area contributed by atoms with Crippen LogP contribution in [-0.4, -0.2) is 62.1 Å². The van der Waals surface area contributed by atoms with Crippen LogP contribution < -0.4 is 10.6 Å². The zero-order valence-corrected chi connectivity index (χ0v) is 15.8. The van der Waals surface area contributed by atoms with Gasteiger partial charge in [-0.05, 0) is 24.1 Å². The maximum atomic E-state index is 12.7. The first-order valence-corrected chi connectivity index (χ1v) is 9.26. The van der Waals surface area contributed by atoms with E-state index in [0.29, 0.717) is 38.5 Å². The molecule has 1 aromatic rings. The van der Waals surface area contributed by atoms with Crippen molar-refractivity contribution in [3.8, 4) is 0 Å². The minimum Gasteiger partial charge on any atom is -0.453 e.